The van der Waals surface area contributed by atoms with Gasteiger partial charge < -0.3 is 18.9 Å². The molecule has 1 heterocycles. The van der Waals surface area contributed by atoms with Crippen LogP contribution in [0.3, 0.4) is 0 Å². The largest absolute Gasteiger partial charge is 0.493 e. The third-order valence-electron chi connectivity index (χ3n) is 6.41. The van der Waals surface area contributed by atoms with E-state index >= 15 is 0 Å². The maximum atomic E-state index is 13.7. The molecule has 0 radical (unpaired) electrons. The van der Waals surface area contributed by atoms with Gasteiger partial charge in [0.25, 0.3) is 0 Å². The molecule has 0 saturated heterocycles. The number of benzene rings is 4. The number of hydrogen-bond donors (Lipinski definition) is 0. The van der Waals surface area contributed by atoms with E-state index in [1.54, 1.807) is 32.4 Å². The molecule has 0 saturated carbocycles. The molecule has 1 aliphatic heterocycles. The fraction of sp³-hybridized carbons (Fsp3) is 0.188. The van der Waals surface area contributed by atoms with Crippen LogP contribution in [0.15, 0.2) is 96.0 Å². The van der Waals surface area contributed by atoms with Crippen LogP contribution in [0.2, 0.25) is 0 Å². The molecule has 0 unspecified atom stereocenters. The molecule has 5 rings (SSSR count). The van der Waals surface area contributed by atoms with Crippen LogP contribution in [0.1, 0.15) is 32.6 Å². The Bertz CT molecular complexity index is 1450. The minimum atomic E-state index is -0.183. The van der Waals surface area contributed by atoms with E-state index in [9.17, 15) is 4.79 Å². The smallest absolute Gasteiger partial charge is 0.211 e. The fourth-order valence-corrected chi connectivity index (χ4v) is 4.41. The second-order valence-electron chi connectivity index (χ2n) is 8.88. The topological polar surface area (TPSA) is 66.4 Å². The Morgan fingerprint density at radius 1 is 0.711 bits per heavy atom. The molecule has 192 valence electrons. The maximum Gasteiger partial charge on any atom is 0.211 e. The number of Topliss-reactive ketones (excluding diaryl/α,β-unsaturated/α-hetero) is 1. The van der Waals surface area contributed by atoms with Crippen molar-refractivity contribution in [3.63, 3.8) is 0 Å². The van der Waals surface area contributed by atoms with Crippen molar-refractivity contribution in [2.24, 2.45) is 4.99 Å². The van der Waals surface area contributed by atoms with Crippen molar-refractivity contribution in [2.45, 2.75) is 19.6 Å². The van der Waals surface area contributed by atoms with Crippen molar-refractivity contribution >= 4 is 11.5 Å². The van der Waals surface area contributed by atoms with Crippen LogP contribution in [0.4, 0.5) is 0 Å². The van der Waals surface area contributed by atoms with Crippen LogP contribution >= 0.6 is 0 Å². The average molecular weight is 508 g/mol. The lowest BCUT2D eigenvalue weighted by Crippen LogP contribution is -2.22. The molecule has 6 heteroatoms. The predicted molar refractivity (Wildman–Crippen MR) is 147 cm³/mol. The Morgan fingerprint density at radius 2 is 1.32 bits per heavy atom. The summed E-state index contributed by atoms with van der Waals surface area (Å²) in [6, 6.07) is 28.8. The number of methoxy groups -OCH3 is 2. The van der Waals surface area contributed by atoms with Crippen LogP contribution in [0.5, 0.6) is 23.0 Å². The molecular formula is C32H29NO5. The van der Waals surface area contributed by atoms with Gasteiger partial charge in [0.1, 0.15) is 18.9 Å². The molecule has 0 N–H and O–H groups in total. The number of hydrogen-bond acceptors (Lipinski definition) is 6. The van der Waals surface area contributed by atoms with E-state index in [4.69, 9.17) is 18.9 Å². The summed E-state index contributed by atoms with van der Waals surface area (Å²) >= 11 is 0. The Labute approximate surface area is 222 Å². The predicted octanol–water partition coefficient (Wildman–Crippen LogP) is 6.09. The molecule has 0 aromatic heterocycles. The van der Waals surface area contributed by atoms with Crippen LogP contribution in [0.25, 0.3) is 0 Å². The summed E-state index contributed by atoms with van der Waals surface area (Å²) in [5.41, 5.74) is 4.70. The minimum absolute atomic E-state index is 0.183. The summed E-state index contributed by atoms with van der Waals surface area (Å²) in [7, 11) is 3.20. The first-order chi connectivity index (χ1) is 18.7. The molecular weight excluding hydrogens is 478 g/mol. The summed E-state index contributed by atoms with van der Waals surface area (Å²) in [5, 5.41) is 0. The molecule has 0 amide bonds. The molecule has 0 fully saturated rings. The monoisotopic (exact) mass is 507 g/mol. The summed E-state index contributed by atoms with van der Waals surface area (Å²) < 4.78 is 23.2. The van der Waals surface area contributed by atoms with Crippen molar-refractivity contribution < 1.29 is 23.7 Å². The number of ketones is 1. The molecule has 38 heavy (non-hydrogen) atoms. The van der Waals surface area contributed by atoms with Gasteiger partial charge in [-0.3, -0.25) is 9.79 Å². The number of carbonyl (C=O) groups is 1. The molecule has 1 aliphatic rings. The third kappa shape index (κ3) is 5.54. The second-order valence-corrected chi connectivity index (χ2v) is 8.88. The first kappa shape index (κ1) is 25.1. The van der Waals surface area contributed by atoms with Gasteiger partial charge in [-0.15, -0.1) is 0 Å². The van der Waals surface area contributed by atoms with Gasteiger partial charge in [0, 0.05) is 17.7 Å². The van der Waals surface area contributed by atoms with Crippen LogP contribution in [-0.4, -0.2) is 32.3 Å². The highest BCUT2D eigenvalue weighted by Gasteiger charge is 2.25. The van der Waals surface area contributed by atoms with Crippen molar-refractivity contribution in [2.75, 3.05) is 20.8 Å². The number of fused-ring (bicyclic) bond motifs is 1. The maximum absolute atomic E-state index is 13.7. The standard InChI is InChI=1S/C32H29NO5/c1-35-27-14-13-25(18-29(27)37-20-22-9-5-3-6-10-22)32(34)31-26-19-30(38-21-23-11-7-4-8-12-23)28(36-2)17-24(26)15-16-33-31/h3-14,17-19H,15-16,20-21H2,1-2H3. The Morgan fingerprint density at radius 3 is 1.92 bits per heavy atom. The Hall–Kier alpha value is -4.58. The molecule has 0 aliphatic carbocycles. The van der Waals surface area contributed by atoms with E-state index in [1.807, 2.05) is 72.8 Å². The molecule has 0 atom stereocenters. The van der Waals surface area contributed by atoms with Gasteiger partial charge in [-0.2, -0.15) is 0 Å². The van der Waals surface area contributed by atoms with E-state index in [-0.39, 0.29) is 5.78 Å². The van der Waals surface area contributed by atoms with Crippen molar-refractivity contribution in [3.8, 4) is 23.0 Å². The summed E-state index contributed by atoms with van der Waals surface area (Å²) in [6.45, 7) is 1.27. The highest BCUT2D eigenvalue weighted by atomic mass is 16.5. The summed E-state index contributed by atoms with van der Waals surface area (Å²) in [5.74, 6) is 2.08. The van der Waals surface area contributed by atoms with Gasteiger partial charge >= 0.3 is 0 Å². The van der Waals surface area contributed by atoms with Crippen molar-refractivity contribution in [3.05, 3.63) is 119 Å². The quantitative estimate of drug-likeness (QED) is 0.243. The van der Waals surface area contributed by atoms with Gasteiger partial charge in [0.05, 0.1) is 14.2 Å². The Balaban J connectivity index is 1.42. The molecule has 0 bridgehead atoms. The molecule has 0 spiro atoms. The number of nitrogens with zero attached hydrogens (tertiary/aromatic N) is 1. The normalized spacial score (nSPS) is 12.2. The highest BCUT2D eigenvalue weighted by molar-refractivity contribution is 6.52. The van der Waals surface area contributed by atoms with Gasteiger partial charge in [-0.05, 0) is 53.4 Å². The number of carbonyl (C=O) groups excluding carboxylic acids is 1. The second kappa shape index (κ2) is 11.6. The first-order valence-electron chi connectivity index (χ1n) is 12.5. The van der Waals surface area contributed by atoms with E-state index in [1.165, 1.54) is 0 Å². The van der Waals surface area contributed by atoms with Gasteiger partial charge in [-0.1, -0.05) is 60.7 Å². The first-order valence-corrected chi connectivity index (χ1v) is 12.5. The van der Waals surface area contributed by atoms with Crippen LogP contribution < -0.4 is 18.9 Å². The lowest BCUT2D eigenvalue weighted by molar-refractivity contribution is 0.106. The van der Waals surface area contributed by atoms with Crippen LogP contribution in [0, 0.1) is 0 Å². The van der Waals surface area contributed by atoms with E-state index < -0.39 is 0 Å². The fourth-order valence-electron chi connectivity index (χ4n) is 4.41. The lowest BCUT2D eigenvalue weighted by atomic mass is 9.92. The van der Waals surface area contributed by atoms with Gasteiger partial charge in [0.15, 0.2) is 23.0 Å². The third-order valence-corrected chi connectivity index (χ3v) is 6.41. The van der Waals surface area contributed by atoms with E-state index in [0.717, 1.165) is 28.7 Å². The SMILES string of the molecule is COc1ccc(C(=O)C2=NCCc3cc(OC)c(OCc4ccccc4)cc32)cc1OCc1ccccc1. The zero-order valence-electron chi connectivity index (χ0n) is 21.5. The van der Waals surface area contributed by atoms with Crippen molar-refractivity contribution in [1.29, 1.82) is 0 Å². The number of aliphatic imine (C=N–C) groups is 1. The zero-order valence-corrected chi connectivity index (χ0v) is 21.5. The lowest BCUT2D eigenvalue weighted by Gasteiger charge is -2.20. The van der Waals surface area contributed by atoms with Crippen LogP contribution in [-0.2, 0) is 19.6 Å². The van der Waals surface area contributed by atoms with Gasteiger partial charge in [0.2, 0.25) is 5.78 Å². The minimum Gasteiger partial charge on any atom is -0.493 e. The molecule has 6 nitrogen and oxygen atoms in total. The highest BCUT2D eigenvalue weighted by Crippen LogP contribution is 2.35. The number of ether oxygens (including phenoxy) is 4. The Kier molecular flexibility index (Phi) is 7.69. The zero-order chi connectivity index (χ0) is 26.3. The molecule has 4 aromatic carbocycles. The number of rotatable bonds is 10. The van der Waals surface area contributed by atoms with E-state index in [0.29, 0.717) is 54.0 Å². The molecule has 4 aromatic rings. The summed E-state index contributed by atoms with van der Waals surface area (Å²) in [6.07, 6.45) is 0.718. The summed E-state index contributed by atoms with van der Waals surface area (Å²) in [4.78, 5) is 18.4. The van der Waals surface area contributed by atoms with Gasteiger partial charge in [-0.25, -0.2) is 0 Å². The average Bonchev–Trinajstić information content (AvgIpc) is 2.98. The van der Waals surface area contributed by atoms with E-state index in [2.05, 4.69) is 4.99 Å². The van der Waals surface area contributed by atoms with Crippen molar-refractivity contribution in [1.82, 2.24) is 0 Å².